The molecule has 134 valence electrons. The zero-order chi connectivity index (χ0) is 18.0. The van der Waals surface area contributed by atoms with E-state index in [1.807, 2.05) is 24.3 Å². The molecule has 1 aliphatic heterocycles. The van der Waals surface area contributed by atoms with Gasteiger partial charge in [0, 0.05) is 13.2 Å². The number of nitrogens with one attached hydrogen (secondary N) is 2. The SMILES string of the molecule is CNc1nccc(N[C@@H](c2ccc3c(c2)S(=O)(=O)CCC3)C(C)C)n1. The van der Waals surface area contributed by atoms with Crippen LogP contribution in [0.5, 0.6) is 0 Å². The molecule has 0 fully saturated rings. The van der Waals surface area contributed by atoms with Crippen LogP contribution < -0.4 is 10.6 Å². The van der Waals surface area contributed by atoms with E-state index in [9.17, 15) is 8.42 Å². The van der Waals surface area contributed by atoms with Crippen LogP contribution in [0.2, 0.25) is 0 Å². The fourth-order valence-electron chi connectivity index (χ4n) is 3.18. The molecule has 1 aromatic heterocycles. The zero-order valence-corrected chi connectivity index (χ0v) is 15.6. The van der Waals surface area contributed by atoms with Crippen LogP contribution in [0.1, 0.15) is 37.4 Å². The van der Waals surface area contributed by atoms with Gasteiger partial charge in [-0.05, 0) is 42.0 Å². The standard InChI is InChI=1S/C18H24N4O2S/c1-12(2)17(21-16-8-9-20-18(19-3)22-16)14-7-6-13-5-4-10-25(23,24)15(13)11-14/h6-9,11-12,17H,4-5,10H2,1-3H3,(H2,19,20,21,22)/t17-/m1/s1. The largest absolute Gasteiger partial charge is 0.363 e. The fourth-order valence-corrected chi connectivity index (χ4v) is 4.81. The summed E-state index contributed by atoms with van der Waals surface area (Å²) in [6.07, 6.45) is 3.22. The lowest BCUT2D eigenvalue weighted by atomic mass is 9.94. The Bertz CT molecular complexity index is 865. The summed E-state index contributed by atoms with van der Waals surface area (Å²) in [7, 11) is -1.40. The minimum Gasteiger partial charge on any atom is -0.363 e. The topological polar surface area (TPSA) is 84.0 Å². The van der Waals surface area contributed by atoms with Crippen molar-refractivity contribution in [1.29, 1.82) is 0 Å². The van der Waals surface area contributed by atoms with Crippen LogP contribution in [0.4, 0.5) is 11.8 Å². The number of sulfone groups is 1. The quantitative estimate of drug-likeness (QED) is 0.853. The first kappa shape index (κ1) is 17.7. The van der Waals surface area contributed by atoms with Gasteiger partial charge >= 0.3 is 0 Å². The lowest BCUT2D eigenvalue weighted by Gasteiger charge is -2.25. The third kappa shape index (κ3) is 3.76. The van der Waals surface area contributed by atoms with E-state index in [1.54, 1.807) is 13.2 Å². The van der Waals surface area contributed by atoms with E-state index in [4.69, 9.17) is 0 Å². The van der Waals surface area contributed by atoms with Gasteiger partial charge in [-0.2, -0.15) is 4.98 Å². The van der Waals surface area contributed by atoms with E-state index in [-0.39, 0.29) is 17.7 Å². The molecular weight excluding hydrogens is 336 g/mol. The summed E-state index contributed by atoms with van der Waals surface area (Å²) in [5, 5.41) is 6.34. The van der Waals surface area contributed by atoms with Gasteiger partial charge in [-0.15, -0.1) is 0 Å². The van der Waals surface area contributed by atoms with Crippen LogP contribution >= 0.6 is 0 Å². The van der Waals surface area contributed by atoms with Crippen molar-refractivity contribution < 1.29 is 8.42 Å². The monoisotopic (exact) mass is 360 g/mol. The number of aryl methyl sites for hydroxylation is 1. The van der Waals surface area contributed by atoms with E-state index < -0.39 is 9.84 Å². The van der Waals surface area contributed by atoms with E-state index in [2.05, 4.69) is 34.4 Å². The van der Waals surface area contributed by atoms with Crippen molar-refractivity contribution in [1.82, 2.24) is 9.97 Å². The molecule has 0 spiro atoms. The molecule has 6 nitrogen and oxygen atoms in total. The van der Waals surface area contributed by atoms with Gasteiger partial charge in [0.1, 0.15) is 5.82 Å². The second kappa shape index (κ2) is 7.00. The molecule has 1 atom stereocenters. The molecule has 25 heavy (non-hydrogen) atoms. The Hall–Kier alpha value is -2.15. The summed E-state index contributed by atoms with van der Waals surface area (Å²) in [5.74, 6) is 1.75. The predicted molar refractivity (Wildman–Crippen MR) is 99.6 cm³/mol. The first-order valence-corrected chi connectivity index (χ1v) is 10.2. The molecule has 7 heteroatoms. The molecule has 2 heterocycles. The smallest absolute Gasteiger partial charge is 0.224 e. The summed E-state index contributed by atoms with van der Waals surface area (Å²) in [5.41, 5.74) is 1.89. The number of rotatable bonds is 5. The lowest BCUT2D eigenvalue weighted by Crippen LogP contribution is -2.21. The van der Waals surface area contributed by atoms with Crippen molar-refractivity contribution in [2.45, 2.75) is 37.6 Å². The first-order valence-electron chi connectivity index (χ1n) is 8.53. The van der Waals surface area contributed by atoms with Gasteiger partial charge in [0.25, 0.3) is 0 Å². The molecule has 0 saturated heterocycles. The van der Waals surface area contributed by atoms with Crippen LogP contribution in [-0.2, 0) is 16.3 Å². The molecule has 0 bridgehead atoms. The third-order valence-electron chi connectivity index (χ3n) is 4.49. The third-order valence-corrected chi connectivity index (χ3v) is 6.37. The highest BCUT2D eigenvalue weighted by Crippen LogP contribution is 2.32. The maximum Gasteiger partial charge on any atom is 0.224 e. The van der Waals surface area contributed by atoms with Gasteiger partial charge < -0.3 is 10.6 Å². The number of anilines is 2. The molecule has 3 rings (SSSR count). The van der Waals surface area contributed by atoms with Crippen LogP contribution in [0.3, 0.4) is 0 Å². The maximum absolute atomic E-state index is 12.4. The number of fused-ring (bicyclic) bond motifs is 1. The average molecular weight is 360 g/mol. The lowest BCUT2D eigenvalue weighted by molar-refractivity contribution is 0.542. The van der Waals surface area contributed by atoms with Gasteiger partial charge in [0.05, 0.1) is 16.7 Å². The molecule has 0 amide bonds. The fraction of sp³-hybridized carbons (Fsp3) is 0.444. The van der Waals surface area contributed by atoms with Crippen molar-refractivity contribution in [3.8, 4) is 0 Å². The second-order valence-electron chi connectivity index (χ2n) is 6.67. The normalized spacial score (nSPS) is 17.0. The summed E-state index contributed by atoms with van der Waals surface area (Å²) in [4.78, 5) is 9.01. The zero-order valence-electron chi connectivity index (χ0n) is 14.8. The first-order chi connectivity index (χ1) is 11.9. The average Bonchev–Trinajstić information content (AvgIpc) is 2.59. The molecule has 2 N–H and O–H groups in total. The molecule has 1 aromatic carbocycles. The molecule has 1 aliphatic rings. The minimum absolute atomic E-state index is 0.0398. The Morgan fingerprint density at radius 3 is 2.72 bits per heavy atom. The summed E-state index contributed by atoms with van der Waals surface area (Å²) >= 11 is 0. The summed E-state index contributed by atoms with van der Waals surface area (Å²) in [6.45, 7) is 4.21. The van der Waals surface area contributed by atoms with E-state index in [1.165, 1.54) is 0 Å². The molecule has 0 saturated carbocycles. The molecule has 0 unspecified atom stereocenters. The van der Waals surface area contributed by atoms with Crippen molar-refractivity contribution in [2.24, 2.45) is 5.92 Å². The van der Waals surface area contributed by atoms with Crippen molar-refractivity contribution in [3.05, 3.63) is 41.6 Å². The van der Waals surface area contributed by atoms with E-state index >= 15 is 0 Å². The van der Waals surface area contributed by atoms with E-state index in [0.717, 1.165) is 17.5 Å². The Morgan fingerprint density at radius 2 is 2.00 bits per heavy atom. The number of benzene rings is 1. The Balaban J connectivity index is 1.96. The highest BCUT2D eigenvalue weighted by molar-refractivity contribution is 7.91. The van der Waals surface area contributed by atoms with Crippen LogP contribution in [-0.4, -0.2) is 31.2 Å². The number of hydrogen-bond acceptors (Lipinski definition) is 6. The highest BCUT2D eigenvalue weighted by atomic mass is 32.2. The Labute approximate surface area is 149 Å². The van der Waals surface area contributed by atoms with Crippen molar-refractivity contribution in [2.75, 3.05) is 23.4 Å². The van der Waals surface area contributed by atoms with E-state index in [0.29, 0.717) is 23.1 Å². The number of hydrogen-bond donors (Lipinski definition) is 2. The van der Waals surface area contributed by atoms with Crippen LogP contribution in [0, 0.1) is 5.92 Å². The van der Waals surface area contributed by atoms with Gasteiger partial charge in [0.2, 0.25) is 5.95 Å². The van der Waals surface area contributed by atoms with Crippen LogP contribution in [0.25, 0.3) is 0 Å². The Kier molecular flexibility index (Phi) is 4.94. The van der Waals surface area contributed by atoms with Crippen LogP contribution in [0.15, 0.2) is 35.4 Å². The molecule has 2 aromatic rings. The van der Waals surface area contributed by atoms with Gasteiger partial charge in [-0.1, -0.05) is 26.0 Å². The highest BCUT2D eigenvalue weighted by Gasteiger charge is 2.26. The van der Waals surface area contributed by atoms with Crippen molar-refractivity contribution in [3.63, 3.8) is 0 Å². The van der Waals surface area contributed by atoms with Gasteiger partial charge in [-0.3, -0.25) is 0 Å². The minimum atomic E-state index is -3.17. The van der Waals surface area contributed by atoms with Gasteiger partial charge in [-0.25, -0.2) is 13.4 Å². The molecule has 0 aliphatic carbocycles. The maximum atomic E-state index is 12.4. The summed E-state index contributed by atoms with van der Waals surface area (Å²) in [6, 6.07) is 7.59. The molecule has 0 radical (unpaired) electrons. The van der Waals surface area contributed by atoms with Crippen molar-refractivity contribution >= 4 is 21.6 Å². The predicted octanol–water partition coefficient (Wildman–Crippen LogP) is 3.05. The number of aromatic nitrogens is 2. The number of nitrogens with zero attached hydrogens (tertiary/aromatic N) is 2. The Morgan fingerprint density at radius 1 is 1.20 bits per heavy atom. The summed E-state index contributed by atoms with van der Waals surface area (Å²) < 4.78 is 24.8. The second-order valence-corrected chi connectivity index (χ2v) is 8.75. The van der Waals surface area contributed by atoms with Gasteiger partial charge in [0.15, 0.2) is 9.84 Å². The molecular formula is C18H24N4O2S.